The van der Waals surface area contributed by atoms with Crippen LogP contribution in [0.4, 0.5) is 0 Å². The minimum absolute atomic E-state index is 0.00328. The zero-order chi connectivity index (χ0) is 18.0. The van der Waals surface area contributed by atoms with Gasteiger partial charge in [0.25, 0.3) is 0 Å². The molecule has 1 saturated heterocycles. The highest BCUT2D eigenvalue weighted by Gasteiger charge is 2.37. The van der Waals surface area contributed by atoms with E-state index in [4.69, 9.17) is 9.84 Å². The van der Waals surface area contributed by atoms with Crippen molar-refractivity contribution >= 4 is 16.0 Å². The number of carboxylic acid groups (broad SMARTS) is 1. The Kier molecular flexibility index (Phi) is 4.78. The monoisotopic (exact) mass is 365 g/mol. The Bertz CT molecular complexity index is 877. The first kappa shape index (κ1) is 17.4. The predicted octanol–water partition coefficient (Wildman–Crippen LogP) is 1.50. The van der Waals surface area contributed by atoms with Crippen LogP contribution in [0.2, 0.25) is 0 Å². The maximum Gasteiger partial charge on any atom is 0.325 e. The summed E-state index contributed by atoms with van der Waals surface area (Å²) in [6.45, 7) is 0.0309. The lowest BCUT2D eigenvalue weighted by atomic mass is 10.1. The van der Waals surface area contributed by atoms with Crippen molar-refractivity contribution in [2.75, 3.05) is 13.7 Å². The van der Waals surface area contributed by atoms with E-state index in [0.29, 0.717) is 12.3 Å². The van der Waals surface area contributed by atoms with E-state index in [0.717, 1.165) is 23.1 Å². The van der Waals surface area contributed by atoms with Crippen LogP contribution in [0.25, 0.3) is 0 Å². The molecule has 0 aliphatic carbocycles. The summed E-state index contributed by atoms with van der Waals surface area (Å²) < 4.78 is 33.7. The molecule has 25 heavy (non-hydrogen) atoms. The molecule has 134 valence electrons. The molecule has 1 aromatic carbocycles. The number of ether oxygens (including phenoxy) is 1. The number of methoxy groups -OCH3 is 1. The SMILES string of the molecule is COc1cccc(C2CCCN2S(=O)(=O)c2cnn(CC(=O)O)c2)c1. The van der Waals surface area contributed by atoms with Crippen molar-refractivity contribution in [3.05, 3.63) is 42.2 Å². The van der Waals surface area contributed by atoms with Gasteiger partial charge in [0.15, 0.2) is 0 Å². The molecule has 1 fully saturated rings. The number of carbonyl (C=O) groups is 1. The van der Waals surface area contributed by atoms with Crippen molar-refractivity contribution in [2.24, 2.45) is 0 Å². The van der Waals surface area contributed by atoms with Gasteiger partial charge in [-0.15, -0.1) is 0 Å². The summed E-state index contributed by atoms with van der Waals surface area (Å²) in [4.78, 5) is 10.8. The summed E-state index contributed by atoms with van der Waals surface area (Å²) in [6, 6.07) is 7.10. The molecule has 2 aromatic rings. The molecule has 0 radical (unpaired) electrons. The van der Waals surface area contributed by atoms with E-state index in [9.17, 15) is 13.2 Å². The van der Waals surface area contributed by atoms with Gasteiger partial charge in [-0.2, -0.15) is 9.40 Å². The van der Waals surface area contributed by atoms with E-state index in [1.54, 1.807) is 7.11 Å². The Morgan fingerprint density at radius 1 is 1.44 bits per heavy atom. The first-order chi connectivity index (χ1) is 11.9. The van der Waals surface area contributed by atoms with Gasteiger partial charge in [0.05, 0.1) is 19.3 Å². The van der Waals surface area contributed by atoms with Gasteiger partial charge in [0.1, 0.15) is 17.2 Å². The molecule has 8 nitrogen and oxygen atoms in total. The molecule has 1 unspecified atom stereocenters. The van der Waals surface area contributed by atoms with Gasteiger partial charge in [0.2, 0.25) is 10.0 Å². The van der Waals surface area contributed by atoms with Crippen molar-refractivity contribution in [3.8, 4) is 5.75 Å². The van der Waals surface area contributed by atoms with Crippen LogP contribution in [-0.2, 0) is 21.4 Å². The molecule has 1 atom stereocenters. The molecule has 3 rings (SSSR count). The largest absolute Gasteiger partial charge is 0.497 e. The molecule has 0 spiro atoms. The second-order valence-corrected chi connectivity index (χ2v) is 7.71. The molecule has 1 N–H and O–H groups in total. The van der Waals surface area contributed by atoms with Crippen LogP contribution < -0.4 is 4.74 Å². The quantitative estimate of drug-likeness (QED) is 0.832. The predicted molar refractivity (Wildman–Crippen MR) is 88.7 cm³/mol. The van der Waals surface area contributed by atoms with Crippen LogP contribution in [0, 0.1) is 0 Å². The summed E-state index contributed by atoms with van der Waals surface area (Å²) in [5.41, 5.74) is 0.873. The van der Waals surface area contributed by atoms with E-state index >= 15 is 0 Å². The van der Waals surface area contributed by atoms with Gasteiger partial charge in [-0.25, -0.2) is 8.42 Å². The third-order valence-electron chi connectivity index (χ3n) is 4.20. The van der Waals surface area contributed by atoms with Gasteiger partial charge in [0, 0.05) is 12.7 Å². The highest BCUT2D eigenvalue weighted by atomic mass is 32.2. The minimum Gasteiger partial charge on any atom is -0.497 e. The molecule has 0 amide bonds. The fourth-order valence-corrected chi connectivity index (χ4v) is 4.69. The van der Waals surface area contributed by atoms with Gasteiger partial charge in [-0.1, -0.05) is 12.1 Å². The zero-order valence-corrected chi connectivity index (χ0v) is 14.5. The van der Waals surface area contributed by atoms with Crippen LogP contribution in [0.15, 0.2) is 41.6 Å². The van der Waals surface area contributed by atoms with Crippen LogP contribution in [0.1, 0.15) is 24.4 Å². The molecule has 9 heteroatoms. The lowest BCUT2D eigenvalue weighted by molar-refractivity contribution is -0.137. The summed E-state index contributed by atoms with van der Waals surface area (Å²) in [5, 5.41) is 12.6. The number of aliphatic carboxylic acids is 1. The van der Waals surface area contributed by atoms with Crippen molar-refractivity contribution in [2.45, 2.75) is 30.3 Å². The van der Waals surface area contributed by atoms with Gasteiger partial charge >= 0.3 is 5.97 Å². The molecular formula is C16H19N3O5S. The van der Waals surface area contributed by atoms with E-state index in [1.807, 2.05) is 24.3 Å². The van der Waals surface area contributed by atoms with Crippen LogP contribution in [-0.4, -0.2) is 47.2 Å². The maximum absolute atomic E-state index is 13.0. The number of benzene rings is 1. The molecular weight excluding hydrogens is 346 g/mol. The summed E-state index contributed by atoms with van der Waals surface area (Å²) in [5.74, 6) is -0.404. The van der Waals surface area contributed by atoms with Crippen LogP contribution in [0.3, 0.4) is 0 Å². The number of nitrogens with zero attached hydrogens (tertiary/aromatic N) is 3. The van der Waals surface area contributed by atoms with Crippen molar-refractivity contribution < 1.29 is 23.1 Å². The lowest BCUT2D eigenvalue weighted by Gasteiger charge is -2.24. The second kappa shape index (κ2) is 6.85. The third kappa shape index (κ3) is 3.52. The topological polar surface area (TPSA) is 102 Å². The lowest BCUT2D eigenvalue weighted by Crippen LogP contribution is -2.30. The highest BCUT2D eigenvalue weighted by Crippen LogP contribution is 2.37. The van der Waals surface area contributed by atoms with E-state index in [2.05, 4.69) is 5.10 Å². The highest BCUT2D eigenvalue weighted by molar-refractivity contribution is 7.89. The normalized spacial score (nSPS) is 18.4. The number of sulfonamides is 1. The zero-order valence-electron chi connectivity index (χ0n) is 13.7. The summed E-state index contributed by atoms with van der Waals surface area (Å²) >= 11 is 0. The molecule has 0 saturated carbocycles. The Morgan fingerprint density at radius 3 is 2.96 bits per heavy atom. The Morgan fingerprint density at radius 2 is 2.24 bits per heavy atom. The average molecular weight is 365 g/mol. The first-order valence-corrected chi connectivity index (χ1v) is 9.26. The van der Waals surface area contributed by atoms with E-state index in [1.165, 1.54) is 16.7 Å². The molecule has 2 heterocycles. The number of carboxylic acids is 1. The molecule has 1 aliphatic rings. The number of hydrogen-bond acceptors (Lipinski definition) is 5. The Hall–Kier alpha value is -2.39. The van der Waals surface area contributed by atoms with Gasteiger partial charge in [-0.05, 0) is 30.5 Å². The van der Waals surface area contributed by atoms with Crippen molar-refractivity contribution in [1.29, 1.82) is 0 Å². The smallest absolute Gasteiger partial charge is 0.325 e. The van der Waals surface area contributed by atoms with E-state index in [-0.39, 0.29) is 17.5 Å². The Balaban J connectivity index is 1.90. The first-order valence-electron chi connectivity index (χ1n) is 7.82. The number of hydrogen-bond donors (Lipinski definition) is 1. The van der Waals surface area contributed by atoms with E-state index < -0.39 is 16.0 Å². The molecule has 1 aliphatic heterocycles. The molecule has 0 bridgehead atoms. The average Bonchev–Trinajstić information content (AvgIpc) is 3.24. The number of aromatic nitrogens is 2. The van der Waals surface area contributed by atoms with Gasteiger partial charge in [-0.3, -0.25) is 9.48 Å². The third-order valence-corrected chi connectivity index (χ3v) is 6.06. The maximum atomic E-state index is 13.0. The minimum atomic E-state index is -3.75. The molecule has 1 aromatic heterocycles. The second-order valence-electron chi connectivity index (χ2n) is 5.82. The van der Waals surface area contributed by atoms with Crippen molar-refractivity contribution in [1.82, 2.24) is 14.1 Å². The standard InChI is InChI=1S/C16H19N3O5S/c1-24-13-5-2-4-12(8-13)15-6-3-7-19(15)25(22,23)14-9-17-18(10-14)11-16(20)21/h2,4-5,8-10,15H,3,6-7,11H2,1H3,(H,20,21). The van der Waals surface area contributed by atoms with Crippen LogP contribution in [0.5, 0.6) is 5.75 Å². The van der Waals surface area contributed by atoms with Gasteiger partial charge < -0.3 is 9.84 Å². The van der Waals surface area contributed by atoms with Crippen molar-refractivity contribution in [3.63, 3.8) is 0 Å². The fraction of sp³-hybridized carbons (Fsp3) is 0.375. The number of rotatable bonds is 6. The fourth-order valence-electron chi connectivity index (χ4n) is 3.05. The summed E-state index contributed by atoms with van der Waals surface area (Å²) in [7, 11) is -2.19. The summed E-state index contributed by atoms with van der Waals surface area (Å²) in [6.07, 6.45) is 3.92. The van der Waals surface area contributed by atoms with Crippen LogP contribution >= 0.6 is 0 Å². The Labute approximate surface area is 145 Å².